The van der Waals surface area contributed by atoms with Gasteiger partial charge in [0.1, 0.15) is 11.0 Å². The fourth-order valence-electron chi connectivity index (χ4n) is 3.63. The van der Waals surface area contributed by atoms with E-state index in [1.165, 1.54) is 0 Å². The van der Waals surface area contributed by atoms with Crippen LogP contribution in [-0.4, -0.2) is 9.97 Å². The maximum atomic E-state index is 5.98. The van der Waals surface area contributed by atoms with Crippen molar-refractivity contribution >= 4 is 55.9 Å². The smallest absolute Gasteiger partial charge is 0.220 e. The summed E-state index contributed by atoms with van der Waals surface area (Å²) in [5, 5.41) is 4.38. The third kappa shape index (κ3) is 2.32. The molecular weight excluding hydrogens is 348 g/mol. The molecule has 0 amide bonds. The largest absolute Gasteiger partial charge is 0.436 e. The second-order valence-electron chi connectivity index (χ2n) is 6.71. The Balaban J connectivity index is 1.43. The van der Waals surface area contributed by atoms with Crippen molar-refractivity contribution in [2.45, 2.75) is 0 Å². The molecule has 2 aromatic heterocycles. The van der Waals surface area contributed by atoms with Crippen LogP contribution in [0.15, 0.2) is 81.6 Å². The molecule has 0 fully saturated rings. The van der Waals surface area contributed by atoms with Crippen LogP contribution in [0.4, 0.5) is 0 Å². The van der Waals surface area contributed by atoms with E-state index in [2.05, 4.69) is 34.2 Å². The first kappa shape index (κ1) is 15.2. The summed E-state index contributed by atoms with van der Waals surface area (Å²) in [6, 6.07) is 24.3. The third-order valence-corrected chi connectivity index (χ3v) is 4.96. The van der Waals surface area contributed by atoms with E-state index in [0.717, 1.165) is 43.7 Å². The van der Waals surface area contributed by atoms with Gasteiger partial charge in [0.25, 0.3) is 0 Å². The molecule has 0 aliphatic rings. The number of benzene rings is 4. The van der Waals surface area contributed by atoms with Gasteiger partial charge < -0.3 is 8.83 Å². The van der Waals surface area contributed by atoms with E-state index in [1.54, 1.807) is 12.2 Å². The van der Waals surface area contributed by atoms with Crippen molar-refractivity contribution in [3.05, 3.63) is 84.6 Å². The zero-order valence-corrected chi connectivity index (χ0v) is 14.8. The highest BCUT2D eigenvalue weighted by Crippen LogP contribution is 2.28. The van der Waals surface area contributed by atoms with Crippen LogP contribution in [0.2, 0.25) is 0 Å². The van der Waals surface area contributed by atoms with E-state index in [0.29, 0.717) is 11.8 Å². The number of rotatable bonds is 2. The molecule has 0 spiro atoms. The molecule has 2 heterocycles. The van der Waals surface area contributed by atoms with Gasteiger partial charge in [-0.2, -0.15) is 0 Å². The maximum absolute atomic E-state index is 5.98. The molecule has 28 heavy (non-hydrogen) atoms. The van der Waals surface area contributed by atoms with Gasteiger partial charge >= 0.3 is 0 Å². The van der Waals surface area contributed by atoms with Gasteiger partial charge in [0.2, 0.25) is 11.8 Å². The van der Waals surface area contributed by atoms with Crippen LogP contribution in [0.3, 0.4) is 0 Å². The lowest BCUT2D eigenvalue weighted by atomic mass is 10.1. The lowest BCUT2D eigenvalue weighted by molar-refractivity contribution is 0.586. The summed E-state index contributed by atoms with van der Waals surface area (Å²) in [7, 11) is 0. The number of oxazole rings is 2. The Morgan fingerprint density at radius 3 is 1.50 bits per heavy atom. The summed E-state index contributed by atoms with van der Waals surface area (Å²) in [5.74, 6) is 1.05. The highest BCUT2D eigenvalue weighted by molar-refractivity contribution is 6.04. The van der Waals surface area contributed by atoms with Crippen LogP contribution < -0.4 is 0 Å². The molecular formula is C24H14N2O2. The molecule has 0 saturated heterocycles. The van der Waals surface area contributed by atoms with Crippen molar-refractivity contribution < 1.29 is 8.83 Å². The summed E-state index contributed by atoms with van der Waals surface area (Å²) in [6.45, 7) is 0. The van der Waals surface area contributed by atoms with Crippen molar-refractivity contribution in [2.75, 3.05) is 0 Å². The first-order valence-corrected chi connectivity index (χ1v) is 9.10. The van der Waals surface area contributed by atoms with Crippen LogP contribution in [0.25, 0.3) is 55.9 Å². The van der Waals surface area contributed by atoms with Gasteiger partial charge in [-0.25, -0.2) is 9.97 Å². The van der Waals surface area contributed by atoms with Gasteiger partial charge in [-0.05, 0) is 22.9 Å². The molecule has 0 aliphatic heterocycles. The first-order valence-electron chi connectivity index (χ1n) is 9.10. The highest BCUT2D eigenvalue weighted by atomic mass is 16.4. The minimum Gasteiger partial charge on any atom is -0.436 e. The summed E-state index contributed by atoms with van der Waals surface area (Å²) >= 11 is 0. The Hall–Kier alpha value is -3.92. The predicted molar refractivity (Wildman–Crippen MR) is 112 cm³/mol. The SMILES string of the molecule is C(=Cc1nc2ccc3ccccc3c2o1)c1nc2ccc3ccccc3c2o1. The Morgan fingerprint density at radius 2 is 1.00 bits per heavy atom. The minimum atomic E-state index is 0.526. The molecule has 0 aliphatic carbocycles. The number of aromatic nitrogens is 2. The second-order valence-corrected chi connectivity index (χ2v) is 6.71. The summed E-state index contributed by atoms with van der Waals surface area (Å²) < 4.78 is 12.0. The molecule has 0 saturated carbocycles. The van der Waals surface area contributed by atoms with Crippen LogP contribution in [0.1, 0.15) is 11.8 Å². The quantitative estimate of drug-likeness (QED) is 0.355. The molecule has 6 rings (SSSR count). The highest BCUT2D eigenvalue weighted by Gasteiger charge is 2.09. The zero-order valence-electron chi connectivity index (χ0n) is 14.8. The van der Waals surface area contributed by atoms with Crippen LogP contribution in [0, 0.1) is 0 Å². The molecule has 132 valence electrons. The molecule has 0 unspecified atom stereocenters. The fourth-order valence-corrected chi connectivity index (χ4v) is 3.63. The predicted octanol–water partition coefficient (Wildman–Crippen LogP) is 6.45. The van der Waals surface area contributed by atoms with Crippen molar-refractivity contribution in [3.63, 3.8) is 0 Å². The second kappa shape index (κ2) is 5.79. The number of nitrogens with zero attached hydrogens (tertiary/aromatic N) is 2. The lowest BCUT2D eigenvalue weighted by Gasteiger charge is -1.95. The molecule has 0 bridgehead atoms. The van der Waals surface area contributed by atoms with Gasteiger partial charge in [0.05, 0.1) is 0 Å². The van der Waals surface area contributed by atoms with Gasteiger partial charge in [-0.15, -0.1) is 0 Å². The summed E-state index contributed by atoms with van der Waals surface area (Å²) in [5.41, 5.74) is 3.26. The topological polar surface area (TPSA) is 52.1 Å². The van der Waals surface area contributed by atoms with Crippen molar-refractivity contribution in [1.29, 1.82) is 0 Å². The Bertz CT molecular complexity index is 1410. The van der Waals surface area contributed by atoms with Gasteiger partial charge in [0.15, 0.2) is 11.2 Å². The molecule has 6 aromatic rings. The minimum absolute atomic E-state index is 0.526. The van der Waals surface area contributed by atoms with Crippen molar-refractivity contribution in [2.24, 2.45) is 0 Å². The number of fused-ring (bicyclic) bond motifs is 6. The maximum Gasteiger partial charge on any atom is 0.220 e. The van der Waals surface area contributed by atoms with Crippen LogP contribution >= 0.6 is 0 Å². The Labute approximate surface area is 159 Å². The van der Waals surface area contributed by atoms with E-state index in [9.17, 15) is 0 Å². The Kier molecular flexibility index (Phi) is 3.14. The molecule has 4 nitrogen and oxygen atoms in total. The first-order chi connectivity index (χ1) is 13.8. The zero-order chi connectivity index (χ0) is 18.5. The van der Waals surface area contributed by atoms with E-state index >= 15 is 0 Å². The van der Waals surface area contributed by atoms with E-state index in [4.69, 9.17) is 8.83 Å². The molecule has 0 atom stereocenters. The lowest BCUT2D eigenvalue weighted by Crippen LogP contribution is -1.73. The summed E-state index contributed by atoms with van der Waals surface area (Å²) in [6.07, 6.45) is 3.59. The van der Waals surface area contributed by atoms with Gasteiger partial charge in [0, 0.05) is 22.9 Å². The van der Waals surface area contributed by atoms with Crippen LogP contribution in [-0.2, 0) is 0 Å². The molecule has 4 heteroatoms. The van der Waals surface area contributed by atoms with E-state index in [1.807, 2.05) is 48.5 Å². The standard InChI is InChI=1S/C24H14N2O2/c1-3-7-17-15(5-1)9-11-19-23(17)27-21(25-19)13-14-22-26-20-12-10-16-6-2-4-8-18(16)24(20)28-22/h1-14H. The van der Waals surface area contributed by atoms with E-state index in [-0.39, 0.29) is 0 Å². The van der Waals surface area contributed by atoms with Crippen LogP contribution in [0.5, 0.6) is 0 Å². The van der Waals surface area contributed by atoms with Gasteiger partial charge in [-0.1, -0.05) is 60.7 Å². The molecule has 0 radical (unpaired) electrons. The normalized spacial score (nSPS) is 12.1. The third-order valence-electron chi connectivity index (χ3n) is 4.96. The molecule has 0 N–H and O–H groups in total. The average Bonchev–Trinajstić information content (AvgIpc) is 3.36. The average molecular weight is 362 g/mol. The molecule has 4 aromatic carbocycles. The number of hydrogen-bond acceptors (Lipinski definition) is 4. The Morgan fingerprint density at radius 1 is 0.536 bits per heavy atom. The fraction of sp³-hybridized carbons (Fsp3) is 0. The summed E-state index contributed by atoms with van der Waals surface area (Å²) in [4.78, 5) is 9.12. The van der Waals surface area contributed by atoms with E-state index < -0.39 is 0 Å². The number of hydrogen-bond donors (Lipinski definition) is 0. The van der Waals surface area contributed by atoms with Crippen molar-refractivity contribution in [3.8, 4) is 0 Å². The monoisotopic (exact) mass is 362 g/mol. The van der Waals surface area contributed by atoms with Crippen molar-refractivity contribution in [1.82, 2.24) is 9.97 Å². The van der Waals surface area contributed by atoms with Gasteiger partial charge in [-0.3, -0.25) is 0 Å².